The Balaban J connectivity index is 1.52. The molecule has 1 heterocycles. The summed E-state index contributed by atoms with van der Waals surface area (Å²) in [5.41, 5.74) is 3.29. The number of aromatic nitrogens is 2. The lowest BCUT2D eigenvalue weighted by molar-refractivity contribution is 0.204. The Bertz CT molecular complexity index is 681. The molecule has 3 nitrogen and oxygen atoms in total. The van der Waals surface area contributed by atoms with Crippen LogP contribution in [0.2, 0.25) is 0 Å². The van der Waals surface area contributed by atoms with E-state index in [1.165, 1.54) is 5.56 Å². The fourth-order valence-electron chi connectivity index (χ4n) is 2.23. The fourth-order valence-corrected chi connectivity index (χ4v) is 3.19. The predicted octanol–water partition coefficient (Wildman–Crippen LogP) is 3.84. The molecule has 0 spiro atoms. The largest absolute Gasteiger partial charge is 0.388 e. The van der Waals surface area contributed by atoms with Gasteiger partial charge >= 0.3 is 0 Å². The normalized spacial score (nSPS) is 12.2. The molecule has 0 amide bonds. The highest BCUT2D eigenvalue weighted by Crippen LogP contribution is 2.21. The maximum absolute atomic E-state index is 10.1. The smallest absolute Gasteiger partial charge is 0.0880 e. The van der Waals surface area contributed by atoms with E-state index in [1.807, 2.05) is 47.3 Å². The van der Waals surface area contributed by atoms with Crippen LogP contribution < -0.4 is 0 Å². The average Bonchev–Trinajstić information content (AvgIpc) is 3.11. The van der Waals surface area contributed by atoms with Crippen molar-refractivity contribution in [3.63, 3.8) is 0 Å². The van der Waals surface area contributed by atoms with E-state index in [-0.39, 0.29) is 0 Å². The van der Waals surface area contributed by atoms with Crippen LogP contribution >= 0.6 is 11.8 Å². The molecule has 1 unspecified atom stereocenters. The minimum atomic E-state index is -0.408. The molecule has 0 aliphatic heterocycles. The highest BCUT2D eigenvalue weighted by Gasteiger charge is 2.06. The van der Waals surface area contributed by atoms with Gasteiger partial charge in [0.2, 0.25) is 0 Å². The first kappa shape index (κ1) is 14.9. The van der Waals surface area contributed by atoms with Crippen molar-refractivity contribution in [3.05, 3.63) is 84.2 Å². The molecule has 1 atom stereocenters. The summed E-state index contributed by atoms with van der Waals surface area (Å²) >= 11 is 1.74. The predicted molar refractivity (Wildman–Crippen MR) is 91.1 cm³/mol. The molecule has 0 radical (unpaired) electrons. The van der Waals surface area contributed by atoms with Gasteiger partial charge in [0.15, 0.2) is 0 Å². The highest BCUT2D eigenvalue weighted by molar-refractivity contribution is 7.98. The number of nitrogens with zero attached hydrogens (tertiary/aromatic N) is 2. The van der Waals surface area contributed by atoms with Gasteiger partial charge in [-0.25, -0.2) is 4.68 Å². The zero-order valence-electron chi connectivity index (χ0n) is 12.2. The molecule has 112 valence electrons. The van der Waals surface area contributed by atoms with Gasteiger partial charge in [-0.3, -0.25) is 0 Å². The maximum Gasteiger partial charge on any atom is 0.0880 e. The van der Waals surface area contributed by atoms with Crippen molar-refractivity contribution in [2.24, 2.45) is 0 Å². The number of thioether (sulfide) groups is 1. The molecular formula is C18H18N2OS. The van der Waals surface area contributed by atoms with E-state index < -0.39 is 6.10 Å². The number of hydrogen-bond donors (Lipinski definition) is 1. The van der Waals surface area contributed by atoms with Gasteiger partial charge in [0.1, 0.15) is 0 Å². The summed E-state index contributed by atoms with van der Waals surface area (Å²) in [6.45, 7) is 0. The van der Waals surface area contributed by atoms with Gasteiger partial charge in [0.25, 0.3) is 0 Å². The molecule has 0 aliphatic carbocycles. The van der Waals surface area contributed by atoms with Crippen molar-refractivity contribution in [3.8, 4) is 5.69 Å². The minimum absolute atomic E-state index is 0.408. The summed E-state index contributed by atoms with van der Waals surface area (Å²) in [4.78, 5) is 0. The summed E-state index contributed by atoms with van der Waals surface area (Å²) in [5, 5.41) is 14.3. The first-order chi connectivity index (χ1) is 10.8. The van der Waals surface area contributed by atoms with Crippen molar-refractivity contribution in [1.82, 2.24) is 9.78 Å². The number of rotatable bonds is 6. The Morgan fingerprint density at radius 1 is 1.00 bits per heavy atom. The second-order valence-electron chi connectivity index (χ2n) is 5.06. The molecule has 0 bridgehead atoms. The molecule has 0 saturated heterocycles. The Morgan fingerprint density at radius 3 is 2.45 bits per heavy atom. The Morgan fingerprint density at radius 2 is 1.77 bits per heavy atom. The highest BCUT2D eigenvalue weighted by atomic mass is 32.2. The van der Waals surface area contributed by atoms with Gasteiger partial charge in [-0.15, -0.1) is 0 Å². The van der Waals surface area contributed by atoms with Gasteiger partial charge in [-0.2, -0.15) is 16.9 Å². The standard InChI is InChI=1S/C18H18N2OS/c21-18(16-5-2-1-3-6-16)14-22-13-15-7-9-17(10-8-15)20-12-4-11-19-20/h1-12,18,21H,13-14H2. The topological polar surface area (TPSA) is 38.0 Å². The molecule has 0 fully saturated rings. The van der Waals surface area contributed by atoms with Crippen LogP contribution in [-0.2, 0) is 5.75 Å². The summed E-state index contributed by atoms with van der Waals surface area (Å²) in [7, 11) is 0. The first-order valence-electron chi connectivity index (χ1n) is 7.22. The third-order valence-electron chi connectivity index (χ3n) is 3.43. The van der Waals surface area contributed by atoms with E-state index in [1.54, 1.807) is 18.0 Å². The molecule has 0 saturated carbocycles. The van der Waals surface area contributed by atoms with Crippen LogP contribution in [0.5, 0.6) is 0 Å². The van der Waals surface area contributed by atoms with Crippen LogP contribution in [-0.4, -0.2) is 20.6 Å². The van der Waals surface area contributed by atoms with Crippen molar-refractivity contribution in [2.75, 3.05) is 5.75 Å². The van der Waals surface area contributed by atoms with Crippen molar-refractivity contribution in [2.45, 2.75) is 11.9 Å². The van der Waals surface area contributed by atoms with Gasteiger partial charge in [-0.05, 0) is 29.3 Å². The Hall–Kier alpha value is -2.04. The maximum atomic E-state index is 10.1. The van der Waals surface area contributed by atoms with Crippen LogP contribution in [0, 0.1) is 0 Å². The summed E-state index contributed by atoms with van der Waals surface area (Å²) in [6, 6.07) is 20.1. The quantitative estimate of drug-likeness (QED) is 0.752. The van der Waals surface area contributed by atoms with Gasteiger partial charge < -0.3 is 5.11 Å². The van der Waals surface area contributed by atoms with Crippen molar-refractivity contribution >= 4 is 11.8 Å². The van der Waals surface area contributed by atoms with Gasteiger partial charge in [0, 0.05) is 23.9 Å². The van der Waals surface area contributed by atoms with E-state index in [0.717, 1.165) is 17.0 Å². The second-order valence-corrected chi connectivity index (χ2v) is 6.09. The molecule has 4 heteroatoms. The van der Waals surface area contributed by atoms with E-state index in [0.29, 0.717) is 5.75 Å². The van der Waals surface area contributed by atoms with Crippen molar-refractivity contribution in [1.29, 1.82) is 0 Å². The second kappa shape index (κ2) is 7.29. The minimum Gasteiger partial charge on any atom is -0.388 e. The Labute approximate surface area is 134 Å². The molecule has 3 aromatic rings. The number of aliphatic hydroxyl groups is 1. The summed E-state index contributed by atoms with van der Waals surface area (Å²) in [6.07, 6.45) is 3.30. The number of benzene rings is 2. The molecule has 22 heavy (non-hydrogen) atoms. The lowest BCUT2D eigenvalue weighted by Crippen LogP contribution is -2.00. The molecule has 3 rings (SSSR count). The molecular weight excluding hydrogens is 292 g/mol. The average molecular weight is 310 g/mol. The summed E-state index contributed by atoms with van der Waals surface area (Å²) < 4.78 is 1.84. The molecule has 1 aromatic heterocycles. The number of aliphatic hydroxyl groups excluding tert-OH is 1. The molecule has 2 aromatic carbocycles. The summed E-state index contributed by atoms with van der Waals surface area (Å²) in [5.74, 6) is 1.59. The van der Waals surface area contributed by atoms with E-state index in [9.17, 15) is 5.11 Å². The third kappa shape index (κ3) is 3.78. The van der Waals surface area contributed by atoms with Crippen LogP contribution in [0.15, 0.2) is 73.1 Å². The third-order valence-corrected chi connectivity index (χ3v) is 4.52. The Kier molecular flexibility index (Phi) is 4.93. The molecule has 1 N–H and O–H groups in total. The monoisotopic (exact) mass is 310 g/mol. The van der Waals surface area contributed by atoms with E-state index >= 15 is 0 Å². The van der Waals surface area contributed by atoms with Crippen molar-refractivity contribution < 1.29 is 5.11 Å². The van der Waals surface area contributed by atoms with E-state index in [2.05, 4.69) is 29.4 Å². The zero-order valence-corrected chi connectivity index (χ0v) is 13.0. The lowest BCUT2D eigenvalue weighted by Gasteiger charge is -2.10. The number of hydrogen-bond acceptors (Lipinski definition) is 3. The first-order valence-corrected chi connectivity index (χ1v) is 8.38. The molecule has 0 aliphatic rings. The van der Waals surface area contributed by atoms with E-state index in [4.69, 9.17) is 0 Å². The zero-order chi connectivity index (χ0) is 15.2. The van der Waals surface area contributed by atoms with Crippen LogP contribution in [0.1, 0.15) is 17.2 Å². The fraction of sp³-hybridized carbons (Fsp3) is 0.167. The van der Waals surface area contributed by atoms with Crippen LogP contribution in [0.25, 0.3) is 5.69 Å². The SMILES string of the molecule is OC(CSCc1ccc(-n2cccn2)cc1)c1ccccc1. The van der Waals surface area contributed by atoms with Crippen LogP contribution in [0.4, 0.5) is 0 Å². The van der Waals surface area contributed by atoms with Gasteiger partial charge in [-0.1, -0.05) is 42.5 Å². The van der Waals surface area contributed by atoms with Crippen LogP contribution in [0.3, 0.4) is 0 Å². The lowest BCUT2D eigenvalue weighted by atomic mass is 10.1. The van der Waals surface area contributed by atoms with Gasteiger partial charge in [0.05, 0.1) is 11.8 Å².